The smallest absolute Gasteiger partial charge is 0.130 e. The van der Waals surface area contributed by atoms with E-state index in [0.29, 0.717) is 13.0 Å². The van der Waals surface area contributed by atoms with Crippen LogP contribution in [0.3, 0.4) is 0 Å². The third kappa shape index (κ3) is 8.85. The Hall–Kier alpha value is -1.83. The number of benzene rings is 1. The molecule has 2 nitrogen and oxygen atoms in total. The van der Waals surface area contributed by atoms with Crippen LogP contribution in [0.4, 0.5) is 0 Å². The summed E-state index contributed by atoms with van der Waals surface area (Å²) < 4.78 is 5.64. The van der Waals surface area contributed by atoms with Crippen LogP contribution >= 0.6 is 0 Å². The molecule has 2 heteroatoms. The van der Waals surface area contributed by atoms with Crippen molar-refractivity contribution in [1.82, 2.24) is 0 Å². The van der Waals surface area contributed by atoms with Crippen molar-refractivity contribution in [3.05, 3.63) is 54.1 Å². The Labute approximate surface area is 128 Å². The average molecular weight is 286 g/mol. The van der Waals surface area contributed by atoms with E-state index in [1.807, 2.05) is 24.3 Å². The molecule has 0 aliphatic carbocycles. The largest absolute Gasteiger partial charge is 0.490 e. The fourth-order valence-corrected chi connectivity index (χ4v) is 1.88. The quantitative estimate of drug-likeness (QED) is 0.452. The van der Waals surface area contributed by atoms with Crippen molar-refractivity contribution in [3.63, 3.8) is 0 Å². The molecule has 0 bridgehead atoms. The van der Waals surface area contributed by atoms with E-state index in [1.165, 1.54) is 5.56 Å². The Kier molecular flexibility index (Phi) is 8.94. The van der Waals surface area contributed by atoms with Gasteiger partial charge in [-0.15, -0.1) is 0 Å². The lowest BCUT2D eigenvalue weighted by Gasteiger charge is -2.04. The van der Waals surface area contributed by atoms with E-state index in [1.54, 1.807) is 6.92 Å². The average Bonchev–Trinajstić information content (AvgIpc) is 2.49. The summed E-state index contributed by atoms with van der Waals surface area (Å²) in [7, 11) is 0. The molecule has 1 rings (SSSR count). The number of carbonyl (C=O) groups excluding carboxylic acids is 1. The molecule has 0 aromatic heterocycles. The molecule has 0 heterocycles. The monoisotopic (exact) mass is 286 g/mol. The maximum absolute atomic E-state index is 10.9. The van der Waals surface area contributed by atoms with Crippen LogP contribution in [0.15, 0.2) is 48.6 Å². The molecule has 114 valence electrons. The maximum atomic E-state index is 10.9. The first-order chi connectivity index (χ1) is 10.2. The first-order valence-electron chi connectivity index (χ1n) is 7.73. The van der Waals surface area contributed by atoms with Crippen molar-refractivity contribution in [3.8, 4) is 5.75 Å². The van der Waals surface area contributed by atoms with E-state index in [9.17, 15) is 4.79 Å². The van der Waals surface area contributed by atoms with Gasteiger partial charge in [-0.3, -0.25) is 0 Å². The van der Waals surface area contributed by atoms with Crippen LogP contribution in [0, 0.1) is 0 Å². The summed E-state index contributed by atoms with van der Waals surface area (Å²) in [5.41, 5.74) is 1.18. The molecule has 0 N–H and O–H groups in total. The molecule has 21 heavy (non-hydrogen) atoms. The van der Waals surface area contributed by atoms with Crippen LogP contribution in [0.5, 0.6) is 5.75 Å². The van der Waals surface area contributed by atoms with Gasteiger partial charge in [-0.2, -0.15) is 0 Å². The van der Waals surface area contributed by atoms with Gasteiger partial charge in [-0.1, -0.05) is 43.4 Å². The molecule has 0 amide bonds. The van der Waals surface area contributed by atoms with E-state index in [0.717, 1.165) is 31.4 Å². The summed E-state index contributed by atoms with van der Waals surface area (Å²) in [4.78, 5) is 10.9. The highest BCUT2D eigenvalue weighted by Gasteiger charge is 1.97. The van der Waals surface area contributed by atoms with Crippen molar-refractivity contribution < 1.29 is 9.53 Å². The summed E-state index contributed by atoms with van der Waals surface area (Å²) in [5, 5.41) is 0. The number of unbranched alkanes of at least 4 members (excludes halogenated alkanes) is 1. The Balaban J connectivity index is 2.21. The number of rotatable bonds is 10. The summed E-state index contributed by atoms with van der Waals surface area (Å²) in [6.45, 7) is 4.37. The van der Waals surface area contributed by atoms with Crippen molar-refractivity contribution in [1.29, 1.82) is 0 Å². The predicted octanol–water partition coefficient (Wildman–Crippen LogP) is 4.89. The maximum Gasteiger partial charge on any atom is 0.130 e. The second-order valence-electron chi connectivity index (χ2n) is 5.09. The zero-order chi connectivity index (χ0) is 15.3. The number of ketones is 1. The fourth-order valence-electron chi connectivity index (χ4n) is 1.88. The SMILES string of the molecule is CCC=CCCC=CCOc1ccc(CCC(C)=O)cc1. The lowest BCUT2D eigenvalue weighted by Crippen LogP contribution is -1.95. The first kappa shape index (κ1) is 17.2. The molecule has 0 aliphatic rings. The second kappa shape index (κ2) is 10.9. The molecule has 0 spiro atoms. The van der Waals surface area contributed by atoms with E-state index in [4.69, 9.17) is 4.74 Å². The molecule has 1 aromatic rings. The van der Waals surface area contributed by atoms with Gasteiger partial charge >= 0.3 is 0 Å². The molecule has 0 radical (unpaired) electrons. The summed E-state index contributed by atoms with van der Waals surface area (Å²) >= 11 is 0. The van der Waals surface area contributed by atoms with Crippen molar-refractivity contribution in [2.24, 2.45) is 0 Å². The molecule has 0 saturated carbocycles. The van der Waals surface area contributed by atoms with E-state index < -0.39 is 0 Å². The van der Waals surface area contributed by atoms with Gasteiger partial charge in [-0.25, -0.2) is 0 Å². The third-order valence-corrected chi connectivity index (χ3v) is 3.10. The number of Topliss-reactive ketones (excluding diaryl/α,β-unsaturated/α-hetero) is 1. The molecule has 0 unspecified atom stereocenters. The normalized spacial score (nSPS) is 11.3. The van der Waals surface area contributed by atoms with Gasteiger partial charge in [-0.05, 0) is 50.3 Å². The van der Waals surface area contributed by atoms with Gasteiger partial charge in [0.2, 0.25) is 0 Å². The van der Waals surface area contributed by atoms with Gasteiger partial charge < -0.3 is 9.53 Å². The van der Waals surface area contributed by atoms with Gasteiger partial charge in [0.15, 0.2) is 0 Å². The number of aryl methyl sites for hydroxylation is 1. The van der Waals surface area contributed by atoms with Crippen LogP contribution in [0.2, 0.25) is 0 Å². The minimum atomic E-state index is 0.231. The van der Waals surface area contributed by atoms with Gasteiger partial charge in [0.05, 0.1) is 0 Å². The molecule has 0 saturated heterocycles. The second-order valence-corrected chi connectivity index (χ2v) is 5.09. The highest BCUT2D eigenvalue weighted by molar-refractivity contribution is 5.75. The van der Waals surface area contributed by atoms with E-state index in [2.05, 4.69) is 31.2 Å². The zero-order valence-corrected chi connectivity index (χ0v) is 13.2. The van der Waals surface area contributed by atoms with Gasteiger partial charge in [0.1, 0.15) is 18.1 Å². The summed E-state index contributed by atoms with van der Waals surface area (Å²) in [6.07, 6.45) is 13.3. The first-order valence-corrected chi connectivity index (χ1v) is 7.73. The van der Waals surface area contributed by atoms with Gasteiger partial charge in [0.25, 0.3) is 0 Å². The highest BCUT2D eigenvalue weighted by Crippen LogP contribution is 2.13. The van der Waals surface area contributed by atoms with E-state index >= 15 is 0 Å². The number of hydrogen-bond acceptors (Lipinski definition) is 2. The van der Waals surface area contributed by atoms with Crippen LogP contribution in [0.1, 0.15) is 45.1 Å². The number of hydrogen-bond donors (Lipinski definition) is 0. The predicted molar refractivity (Wildman–Crippen MR) is 88.7 cm³/mol. The topological polar surface area (TPSA) is 26.3 Å². The standard InChI is InChI=1S/C19H26O2/c1-3-4-5-6-7-8-9-16-21-19-14-12-18(13-15-19)11-10-17(2)20/h4-5,8-9,12-15H,3,6-7,10-11,16H2,1-2H3. The number of carbonyl (C=O) groups is 1. The molecule has 0 atom stereocenters. The Morgan fingerprint density at radius 1 is 1.05 bits per heavy atom. The minimum absolute atomic E-state index is 0.231. The van der Waals surface area contributed by atoms with Crippen molar-refractivity contribution in [2.75, 3.05) is 6.61 Å². The highest BCUT2D eigenvalue weighted by atomic mass is 16.5. The number of allylic oxidation sites excluding steroid dienone is 3. The molecule has 1 aromatic carbocycles. The van der Waals surface area contributed by atoms with Crippen LogP contribution < -0.4 is 4.74 Å². The number of ether oxygens (including phenoxy) is 1. The van der Waals surface area contributed by atoms with Crippen molar-refractivity contribution in [2.45, 2.75) is 46.0 Å². The molecular formula is C19H26O2. The fraction of sp³-hybridized carbons (Fsp3) is 0.421. The minimum Gasteiger partial charge on any atom is -0.490 e. The lowest BCUT2D eigenvalue weighted by atomic mass is 10.1. The summed E-state index contributed by atoms with van der Waals surface area (Å²) in [6, 6.07) is 7.98. The molecule has 0 fully saturated rings. The van der Waals surface area contributed by atoms with Crippen LogP contribution in [-0.4, -0.2) is 12.4 Å². The molecule has 0 aliphatic heterocycles. The van der Waals surface area contributed by atoms with Crippen LogP contribution in [-0.2, 0) is 11.2 Å². The Morgan fingerprint density at radius 2 is 1.71 bits per heavy atom. The third-order valence-electron chi connectivity index (χ3n) is 3.10. The van der Waals surface area contributed by atoms with Crippen LogP contribution in [0.25, 0.3) is 0 Å². The lowest BCUT2D eigenvalue weighted by molar-refractivity contribution is -0.116. The van der Waals surface area contributed by atoms with E-state index in [-0.39, 0.29) is 5.78 Å². The summed E-state index contributed by atoms with van der Waals surface area (Å²) in [5.74, 6) is 1.10. The van der Waals surface area contributed by atoms with Crippen molar-refractivity contribution >= 4 is 5.78 Å². The molecular weight excluding hydrogens is 260 g/mol. The zero-order valence-electron chi connectivity index (χ0n) is 13.2. The Bertz CT molecular complexity index is 455. The van der Waals surface area contributed by atoms with Gasteiger partial charge in [0, 0.05) is 6.42 Å². The Morgan fingerprint density at radius 3 is 2.33 bits per heavy atom.